The Kier molecular flexibility index (Phi) is 3.16. The molecule has 0 saturated heterocycles. The Morgan fingerprint density at radius 1 is 0.947 bits per heavy atom. The Bertz CT molecular complexity index is 615. The van der Waals surface area contributed by atoms with Gasteiger partial charge in [-0.15, -0.1) is 0 Å². The maximum absolute atomic E-state index is 14.3. The van der Waals surface area contributed by atoms with Crippen LogP contribution < -0.4 is 0 Å². The highest BCUT2D eigenvalue weighted by Crippen LogP contribution is 2.32. The van der Waals surface area contributed by atoms with Crippen LogP contribution in [0.25, 0.3) is 10.9 Å². The largest absolute Gasteiger partial charge is 0.249 e. The molecule has 0 N–H and O–H groups in total. The molecular weight excluding hydrogens is 237 g/mol. The number of hydrogen-bond acceptors (Lipinski definition) is 1. The number of benzene rings is 1. The van der Waals surface area contributed by atoms with E-state index in [1.165, 1.54) is 0 Å². The number of rotatable bonds is 0. The van der Waals surface area contributed by atoms with E-state index in [2.05, 4.69) is 31.8 Å². The zero-order chi connectivity index (χ0) is 14.4. The van der Waals surface area contributed by atoms with Crippen molar-refractivity contribution in [3.8, 4) is 0 Å². The topological polar surface area (TPSA) is 12.9 Å². The molecule has 0 aliphatic heterocycles. The van der Waals surface area contributed by atoms with Crippen LogP contribution in [0.1, 0.15) is 52.8 Å². The Labute approximate surface area is 114 Å². The van der Waals surface area contributed by atoms with E-state index in [0.717, 1.165) is 16.5 Å². The Morgan fingerprint density at radius 3 is 2.11 bits per heavy atom. The average Bonchev–Trinajstić information content (AvgIpc) is 2.24. The molecular formula is C17H22FN. The first kappa shape index (κ1) is 14.0. The molecule has 1 heterocycles. The molecule has 2 aromatic rings. The van der Waals surface area contributed by atoms with Gasteiger partial charge in [0.1, 0.15) is 5.82 Å². The standard InChI is InChI=1S/C17H22FN/c1-16(2,3)12-8-7-9-14-11(12)10-13(18)15(19-14)17(4,5)6/h7-10H,1-6H3. The molecule has 0 amide bonds. The molecule has 0 spiro atoms. The zero-order valence-corrected chi connectivity index (χ0v) is 12.6. The van der Waals surface area contributed by atoms with Gasteiger partial charge in [-0.05, 0) is 23.1 Å². The van der Waals surface area contributed by atoms with E-state index in [0.29, 0.717) is 5.69 Å². The third kappa shape index (κ3) is 2.63. The molecule has 0 aliphatic carbocycles. The fourth-order valence-electron chi connectivity index (χ4n) is 2.35. The summed E-state index contributed by atoms with van der Waals surface area (Å²) in [4.78, 5) is 4.55. The minimum absolute atomic E-state index is 0.0170. The van der Waals surface area contributed by atoms with E-state index < -0.39 is 0 Å². The number of hydrogen-bond donors (Lipinski definition) is 0. The molecule has 0 bridgehead atoms. The summed E-state index contributed by atoms with van der Waals surface area (Å²) >= 11 is 0. The second-order valence-corrected chi connectivity index (χ2v) is 7.19. The normalized spacial score (nSPS) is 13.0. The van der Waals surface area contributed by atoms with Crippen molar-refractivity contribution < 1.29 is 4.39 Å². The summed E-state index contributed by atoms with van der Waals surface area (Å²) in [6, 6.07) is 7.66. The highest BCUT2D eigenvalue weighted by Gasteiger charge is 2.23. The Morgan fingerprint density at radius 2 is 1.58 bits per heavy atom. The molecule has 0 atom stereocenters. The van der Waals surface area contributed by atoms with Gasteiger partial charge in [-0.1, -0.05) is 53.7 Å². The fourth-order valence-corrected chi connectivity index (χ4v) is 2.35. The maximum atomic E-state index is 14.3. The minimum Gasteiger partial charge on any atom is -0.249 e. The summed E-state index contributed by atoms with van der Waals surface area (Å²) < 4.78 is 14.3. The van der Waals surface area contributed by atoms with Gasteiger partial charge in [-0.2, -0.15) is 0 Å². The van der Waals surface area contributed by atoms with Crippen molar-refractivity contribution in [2.45, 2.75) is 52.4 Å². The summed E-state index contributed by atoms with van der Waals surface area (Å²) in [6.07, 6.45) is 0. The van der Waals surface area contributed by atoms with Crippen LogP contribution in [0.15, 0.2) is 24.3 Å². The maximum Gasteiger partial charge on any atom is 0.145 e. The van der Waals surface area contributed by atoms with E-state index >= 15 is 0 Å². The third-order valence-corrected chi connectivity index (χ3v) is 3.33. The molecule has 0 saturated carbocycles. The van der Waals surface area contributed by atoms with Gasteiger partial charge in [0.05, 0.1) is 11.2 Å². The number of halogens is 1. The van der Waals surface area contributed by atoms with Gasteiger partial charge in [0, 0.05) is 10.8 Å². The molecule has 2 rings (SSSR count). The van der Waals surface area contributed by atoms with Gasteiger partial charge in [0.2, 0.25) is 0 Å². The lowest BCUT2D eigenvalue weighted by Gasteiger charge is -2.23. The summed E-state index contributed by atoms with van der Waals surface area (Å²) in [6.45, 7) is 12.4. The lowest BCUT2D eigenvalue weighted by Crippen LogP contribution is -2.17. The van der Waals surface area contributed by atoms with Crippen molar-refractivity contribution in [1.29, 1.82) is 0 Å². The third-order valence-electron chi connectivity index (χ3n) is 3.33. The molecule has 1 nitrogen and oxygen atoms in total. The van der Waals surface area contributed by atoms with E-state index in [1.54, 1.807) is 6.07 Å². The number of pyridine rings is 1. The summed E-state index contributed by atoms with van der Waals surface area (Å²) in [7, 11) is 0. The van der Waals surface area contributed by atoms with Crippen LogP contribution in [-0.4, -0.2) is 4.98 Å². The highest BCUT2D eigenvalue weighted by atomic mass is 19.1. The summed E-state index contributed by atoms with van der Waals surface area (Å²) in [5, 5.41) is 0.917. The summed E-state index contributed by atoms with van der Waals surface area (Å²) in [5.74, 6) is -0.211. The first-order valence-electron chi connectivity index (χ1n) is 6.71. The number of aromatic nitrogens is 1. The Balaban J connectivity index is 2.79. The van der Waals surface area contributed by atoms with Crippen molar-refractivity contribution in [3.05, 3.63) is 41.3 Å². The molecule has 0 aliphatic rings. The van der Waals surface area contributed by atoms with Crippen molar-refractivity contribution in [2.75, 3.05) is 0 Å². The molecule has 0 fully saturated rings. The first-order valence-corrected chi connectivity index (χ1v) is 6.71. The molecule has 102 valence electrons. The van der Waals surface area contributed by atoms with Crippen molar-refractivity contribution >= 4 is 10.9 Å². The highest BCUT2D eigenvalue weighted by molar-refractivity contribution is 5.83. The monoisotopic (exact) mass is 259 g/mol. The van der Waals surface area contributed by atoms with E-state index in [4.69, 9.17) is 0 Å². The fraction of sp³-hybridized carbons (Fsp3) is 0.471. The second-order valence-electron chi connectivity index (χ2n) is 7.19. The Hall–Kier alpha value is -1.44. The van der Waals surface area contributed by atoms with Crippen LogP contribution >= 0.6 is 0 Å². The van der Waals surface area contributed by atoms with Gasteiger partial charge >= 0.3 is 0 Å². The average molecular weight is 259 g/mol. The van der Waals surface area contributed by atoms with Crippen molar-refractivity contribution in [2.24, 2.45) is 0 Å². The minimum atomic E-state index is -0.282. The van der Waals surface area contributed by atoms with Crippen LogP contribution in [-0.2, 0) is 10.8 Å². The second kappa shape index (κ2) is 4.29. The van der Waals surface area contributed by atoms with E-state index in [9.17, 15) is 4.39 Å². The molecule has 2 heteroatoms. The van der Waals surface area contributed by atoms with Gasteiger partial charge < -0.3 is 0 Å². The summed E-state index contributed by atoms with van der Waals surface area (Å²) in [5.41, 5.74) is 2.24. The lowest BCUT2D eigenvalue weighted by molar-refractivity contribution is 0.506. The van der Waals surface area contributed by atoms with Gasteiger partial charge in [-0.3, -0.25) is 0 Å². The number of fused-ring (bicyclic) bond motifs is 1. The predicted molar refractivity (Wildman–Crippen MR) is 79.1 cm³/mol. The van der Waals surface area contributed by atoms with Crippen molar-refractivity contribution in [1.82, 2.24) is 4.98 Å². The van der Waals surface area contributed by atoms with Gasteiger partial charge in [0.15, 0.2) is 0 Å². The van der Waals surface area contributed by atoms with E-state index in [1.807, 2.05) is 32.9 Å². The zero-order valence-electron chi connectivity index (χ0n) is 12.6. The molecule has 0 unspecified atom stereocenters. The molecule has 0 radical (unpaired) electrons. The van der Waals surface area contributed by atoms with Gasteiger partial charge in [0.25, 0.3) is 0 Å². The van der Waals surface area contributed by atoms with Gasteiger partial charge in [-0.25, -0.2) is 9.37 Å². The quantitative estimate of drug-likeness (QED) is 0.651. The van der Waals surface area contributed by atoms with Crippen LogP contribution in [0.5, 0.6) is 0 Å². The SMILES string of the molecule is CC(C)(C)c1nc2cccc(C(C)(C)C)c2cc1F. The smallest absolute Gasteiger partial charge is 0.145 e. The lowest BCUT2D eigenvalue weighted by atomic mass is 9.83. The van der Waals surface area contributed by atoms with Crippen LogP contribution in [0.4, 0.5) is 4.39 Å². The van der Waals surface area contributed by atoms with Crippen LogP contribution in [0.3, 0.4) is 0 Å². The van der Waals surface area contributed by atoms with E-state index in [-0.39, 0.29) is 16.6 Å². The van der Waals surface area contributed by atoms with Crippen molar-refractivity contribution in [3.63, 3.8) is 0 Å². The number of nitrogens with zero attached hydrogens (tertiary/aromatic N) is 1. The van der Waals surface area contributed by atoms with Crippen LogP contribution in [0, 0.1) is 5.82 Å². The predicted octanol–water partition coefficient (Wildman–Crippen LogP) is 4.97. The molecule has 1 aromatic carbocycles. The molecule has 1 aromatic heterocycles. The first-order chi connectivity index (χ1) is 8.60. The van der Waals surface area contributed by atoms with Crippen LogP contribution in [0.2, 0.25) is 0 Å². The molecule has 19 heavy (non-hydrogen) atoms.